The van der Waals surface area contributed by atoms with Crippen molar-refractivity contribution in [1.29, 1.82) is 0 Å². The first kappa shape index (κ1) is 13.5. The van der Waals surface area contributed by atoms with Gasteiger partial charge in [-0.1, -0.05) is 18.2 Å². The molecule has 0 spiro atoms. The lowest BCUT2D eigenvalue weighted by molar-refractivity contribution is 0.0420. The summed E-state index contributed by atoms with van der Waals surface area (Å²) in [7, 11) is 3.62. The summed E-state index contributed by atoms with van der Waals surface area (Å²) in [6.07, 6.45) is -0.422. The van der Waals surface area contributed by atoms with E-state index in [2.05, 4.69) is 35.2 Å². The third-order valence-corrected chi connectivity index (χ3v) is 3.88. The molecule has 1 aromatic carbocycles. The molecule has 2 aromatic rings. The van der Waals surface area contributed by atoms with Gasteiger partial charge in [0, 0.05) is 29.8 Å². The predicted molar refractivity (Wildman–Crippen MR) is 76.0 cm³/mol. The van der Waals surface area contributed by atoms with E-state index in [4.69, 9.17) is 4.74 Å². The van der Waals surface area contributed by atoms with Crippen molar-refractivity contribution in [1.82, 2.24) is 4.90 Å². The molecule has 0 aliphatic rings. The smallest absolute Gasteiger partial charge is 0.0900 e. The maximum Gasteiger partial charge on any atom is 0.0900 e. The third-order valence-electron chi connectivity index (χ3n) is 2.78. The fourth-order valence-corrected chi connectivity index (χ4v) is 3.19. The highest BCUT2D eigenvalue weighted by atomic mass is 32.1. The van der Waals surface area contributed by atoms with E-state index in [0.717, 1.165) is 6.54 Å². The van der Waals surface area contributed by atoms with E-state index >= 15 is 0 Å². The summed E-state index contributed by atoms with van der Waals surface area (Å²) in [4.78, 5) is 3.44. The van der Waals surface area contributed by atoms with Gasteiger partial charge in [-0.15, -0.1) is 11.3 Å². The molecule has 1 unspecified atom stereocenters. The first-order chi connectivity index (χ1) is 8.69. The number of aliphatic hydroxyl groups excluding tert-OH is 1. The Morgan fingerprint density at radius 1 is 1.39 bits per heavy atom. The Balaban J connectivity index is 1.96. The number of methoxy groups -OCH3 is 1. The Labute approximate surface area is 112 Å². The summed E-state index contributed by atoms with van der Waals surface area (Å²) in [5.74, 6) is 0. The second-order valence-electron chi connectivity index (χ2n) is 4.56. The third kappa shape index (κ3) is 3.53. The number of hydrogen-bond acceptors (Lipinski definition) is 4. The summed E-state index contributed by atoms with van der Waals surface area (Å²) < 4.78 is 6.25. The van der Waals surface area contributed by atoms with Crippen LogP contribution in [0.25, 0.3) is 10.1 Å². The molecule has 0 saturated heterocycles. The summed E-state index contributed by atoms with van der Waals surface area (Å²) in [6.45, 7) is 1.87. The van der Waals surface area contributed by atoms with Crippen molar-refractivity contribution in [3.63, 3.8) is 0 Å². The normalized spacial score (nSPS) is 13.3. The van der Waals surface area contributed by atoms with Crippen molar-refractivity contribution < 1.29 is 9.84 Å². The molecule has 18 heavy (non-hydrogen) atoms. The van der Waals surface area contributed by atoms with E-state index in [0.29, 0.717) is 13.2 Å². The summed E-state index contributed by atoms with van der Waals surface area (Å²) in [5, 5.41) is 11.0. The molecule has 1 aromatic heterocycles. The first-order valence-corrected chi connectivity index (χ1v) is 6.83. The van der Waals surface area contributed by atoms with Crippen LogP contribution in [0.3, 0.4) is 0 Å². The lowest BCUT2D eigenvalue weighted by atomic mass is 10.2. The summed E-state index contributed by atoms with van der Waals surface area (Å²) >= 11 is 1.81. The van der Waals surface area contributed by atoms with Gasteiger partial charge in [-0.25, -0.2) is 0 Å². The molecule has 1 heterocycles. The van der Waals surface area contributed by atoms with Gasteiger partial charge in [0.2, 0.25) is 0 Å². The predicted octanol–water partition coefficient (Wildman–Crippen LogP) is 2.34. The van der Waals surface area contributed by atoms with Gasteiger partial charge in [-0.2, -0.15) is 0 Å². The zero-order chi connectivity index (χ0) is 13.0. The fraction of sp³-hybridized carbons (Fsp3) is 0.429. The van der Waals surface area contributed by atoms with Gasteiger partial charge in [0.25, 0.3) is 0 Å². The van der Waals surface area contributed by atoms with E-state index in [1.165, 1.54) is 15.0 Å². The van der Waals surface area contributed by atoms with Crippen molar-refractivity contribution in [3.8, 4) is 0 Å². The Bertz CT molecular complexity index is 464. The zero-order valence-electron chi connectivity index (χ0n) is 10.8. The van der Waals surface area contributed by atoms with Crippen molar-refractivity contribution >= 4 is 21.4 Å². The molecule has 0 aliphatic heterocycles. The minimum absolute atomic E-state index is 0.386. The molecule has 98 valence electrons. The quantitative estimate of drug-likeness (QED) is 0.870. The lowest BCUT2D eigenvalue weighted by Crippen LogP contribution is -2.31. The van der Waals surface area contributed by atoms with Crippen LogP contribution >= 0.6 is 11.3 Å². The van der Waals surface area contributed by atoms with Gasteiger partial charge < -0.3 is 9.84 Å². The largest absolute Gasteiger partial charge is 0.389 e. The topological polar surface area (TPSA) is 32.7 Å². The van der Waals surface area contributed by atoms with E-state index in [1.807, 2.05) is 18.4 Å². The minimum Gasteiger partial charge on any atom is -0.389 e. The molecule has 0 radical (unpaired) electrons. The Morgan fingerprint density at radius 3 is 2.89 bits per heavy atom. The van der Waals surface area contributed by atoms with E-state index in [1.54, 1.807) is 7.11 Å². The highest BCUT2D eigenvalue weighted by molar-refractivity contribution is 7.19. The molecule has 1 N–H and O–H groups in total. The van der Waals surface area contributed by atoms with Crippen LogP contribution in [0, 0.1) is 0 Å². The van der Waals surface area contributed by atoms with Gasteiger partial charge in [-0.3, -0.25) is 4.90 Å². The summed E-state index contributed by atoms with van der Waals surface area (Å²) in [5.41, 5.74) is 0. The average molecular weight is 265 g/mol. The molecule has 3 nitrogen and oxygen atoms in total. The molecule has 0 amide bonds. The number of aliphatic hydroxyl groups is 1. The molecule has 4 heteroatoms. The SMILES string of the molecule is COCC(O)CN(C)Cc1cc2ccccc2s1. The highest BCUT2D eigenvalue weighted by Crippen LogP contribution is 2.25. The van der Waals surface area contributed by atoms with E-state index < -0.39 is 6.10 Å². The Morgan fingerprint density at radius 2 is 2.17 bits per heavy atom. The van der Waals surface area contributed by atoms with Crippen molar-refractivity contribution in [2.24, 2.45) is 0 Å². The van der Waals surface area contributed by atoms with E-state index in [-0.39, 0.29) is 0 Å². The second kappa shape index (κ2) is 6.29. The molecular formula is C14H19NO2S. The molecular weight excluding hydrogens is 246 g/mol. The van der Waals surface area contributed by atoms with Crippen LogP contribution < -0.4 is 0 Å². The number of ether oxygens (including phenoxy) is 1. The van der Waals surface area contributed by atoms with Gasteiger partial charge in [0.1, 0.15) is 0 Å². The standard InChI is InChI=1S/C14H19NO2S/c1-15(8-12(16)10-17-2)9-13-7-11-5-3-4-6-14(11)18-13/h3-7,12,16H,8-10H2,1-2H3. The fourth-order valence-electron chi connectivity index (χ4n) is 2.05. The molecule has 0 saturated carbocycles. The van der Waals surface area contributed by atoms with Crippen LogP contribution in [0.15, 0.2) is 30.3 Å². The Hall–Kier alpha value is -0.940. The van der Waals surface area contributed by atoms with Gasteiger partial charge >= 0.3 is 0 Å². The zero-order valence-corrected chi connectivity index (χ0v) is 11.6. The number of fused-ring (bicyclic) bond motifs is 1. The average Bonchev–Trinajstić information content (AvgIpc) is 2.70. The first-order valence-electron chi connectivity index (χ1n) is 6.02. The minimum atomic E-state index is -0.422. The van der Waals surface area contributed by atoms with Crippen LogP contribution in [0.1, 0.15) is 4.88 Å². The number of rotatable bonds is 6. The van der Waals surface area contributed by atoms with Crippen molar-refractivity contribution in [3.05, 3.63) is 35.2 Å². The second-order valence-corrected chi connectivity index (χ2v) is 5.72. The Kier molecular flexibility index (Phi) is 4.72. The monoisotopic (exact) mass is 265 g/mol. The van der Waals surface area contributed by atoms with Crippen LogP contribution in [-0.4, -0.2) is 43.4 Å². The van der Waals surface area contributed by atoms with E-state index in [9.17, 15) is 5.11 Å². The van der Waals surface area contributed by atoms with Crippen molar-refractivity contribution in [2.45, 2.75) is 12.6 Å². The number of nitrogens with zero attached hydrogens (tertiary/aromatic N) is 1. The molecule has 0 fully saturated rings. The van der Waals surface area contributed by atoms with Gasteiger partial charge in [-0.05, 0) is 24.6 Å². The molecule has 0 aliphatic carbocycles. The summed E-state index contributed by atoms with van der Waals surface area (Å²) in [6, 6.07) is 10.6. The van der Waals surface area contributed by atoms with Crippen LogP contribution in [-0.2, 0) is 11.3 Å². The molecule has 0 bridgehead atoms. The van der Waals surface area contributed by atoms with Crippen LogP contribution in [0.5, 0.6) is 0 Å². The molecule has 2 rings (SSSR count). The maximum atomic E-state index is 9.67. The van der Waals surface area contributed by atoms with Gasteiger partial charge in [0.05, 0.1) is 12.7 Å². The number of hydrogen-bond donors (Lipinski definition) is 1. The van der Waals surface area contributed by atoms with Gasteiger partial charge in [0.15, 0.2) is 0 Å². The van der Waals surface area contributed by atoms with Crippen LogP contribution in [0.4, 0.5) is 0 Å². The molecule has 1 atom stereocenters. The number of benzene rings is 1. The number of likely N-dealkylation sites (N-methyl/N-ethyl adjacent to an activating group) is 1. The lowest BCUT2D eigenvalue weighted by Gasteiger charge is -2.19. The highest BCUT2D eigenvalue weighted by Gasteiger charge is 2.09. The van der Waals surface area contributed by atoms with Crippen molar-refractivity contribution in [2.75, 3.05) is 27.3 Å². The maximum absolute atomic E-state index is 9.67. The number of thiophene rings is 1. The van der Waals surface area contributed by atoms with Crippen LogP contribution in [0.2, 0.25) is 0 Å².